The third-order valence-electron chi connectivity index (χ3n) is 4.20. The lowest BCUT2D eigenvalue weighted by Gasteiger charge is -2.12. The summed E-state index contributed by atoms with van der Waals surface area (Å²) in [6.45, 7) is 7.02. The highest BCUT2D eigenvalue weighted by molar-refractivity contribution is 5.95. The van der Waals surface area contributed by atoms with Gasteiger partial charge in [-0.2, -0.15) is 0 Å². The molecule has 0 spiro atoms. The standard InChI is InChI=1S/C20H31N3O5/c1-3-26-17-11-15(12-18(13-17)27-4-2)19(24)21-8-6-9-22-20(25)23-14-16-7-5-10-28-16/h11-13,16H,3-10,14H2,1-2H3,(H,21,24)(H2,22,23,25). The first-order valence-corrected chi connectivity index (χ1v) is 9.94. The Bertz CT molecular complexity index is 608. The number of rotatable bonds is 11. The number of hydrogen-bond acceptors (Lipinski definition) is 5. The Kier molecular flexibility index (Phi) is 9.41. The van der Waals surface area contributed by atoms with Crippen molar-refractivity contribution in [1.82, 2.24) is 16.0 Å². The van der Waals surface area contributed by atoms with Crippen molar-refractivity contribution in [3.05, 3.63) is 23.8 Å². The highest BCUT2D eigenvalue weighted by Gasteiger charge is 2.16. The van der Waals surface area contributed by atoms with E-state index >= 15 is 0 Å². The minimum Gasteiger partial charge on any atom is -0.494 e. The Morgan fingerprint density at radius 3 is 2.32 bits per heavy atom. The Morgan fingerprint density at radius 1 is 1.04 bits per heavy atom. The summed E-state index contributed by atoms with van der Waals surface area (Å²) in [4.78, 5) is 24.1. The molecule has 1 aliphatic heterocycles. The van der Waals surface area contributed by atoms with Gasteiger partial charge in [0, 0.05) is 37.9 Å². The summed E-state index contributed by atoms with van der Waals surface area (Å²) in [5.74, 6) is 0.997. The number of carbonyl (C=O) groups is 2. The molecule has 3 amide bonds. The SMILES string of the molecule is CCOc1cc(OCC)cc(C(=O)NCCCNC(=O)NCC2CCCO2)c1. The molecule has 156 valence electrons. The predicted octanol–water partition coefficient (Wildman–Crippen LogP) is 2.08. The molecule has 1 aromatic rings. The second kappa shape index (κ2) is 12.1. The van der Waals surface area contributed by atoms with Gasteiger partial charge in [0.2, 0.25) is 0 Å². The van der Waals surface area contributed by atoms with Crippen LogP contribution in [0.25, 0.3) is 0 Å². The topological polar surface area (TPSA) is 97.9 Å². The largest absolute Gasteiger partial charge is 0.494 e. The zero-order valence-corrected chi connectivity index (χ0v) is 16.7. The van der Waals surface area contributed by atoms with Gasteiger partial charge in [0.1, 0.15) is 11.5 Å². The van der Waals surface area contributed by atoms with E-state index in [0.29, 0.717) is 56.3 Å². The van der Waals surface area contributed by atoms with Crippen LogP contribution in [0.1, 0.15) is 43.5 Å². The first-order chi connectivity index (χ1) is 13.6. The molecule has 0 saturated carbocycles. The maximum absolute atomic E-state index is 12.4. The van der Waals surface area contributed by atoms with Gasteiger partial charge in [-0.3, -0.25) is 4.79 Å². The van der Waals surface area contributed by atoms with Crippen molar-refractivity contribution in [2.45, 2.75) is 39.2 Å². The fourth-order valence-electron chi connectivity index (χ4n) is 2.87. The third kappa shape index (κ3) is 7.64. The van der Waals surface area contributed by atoms with E-state index in [1.165, 1.54) is 0 Å². The molecule has 0 aromatic heterocycles. The molecular formula is C20H31N3O5. The maximum Gasteiger partial charge on any atom is 0.314 e. The van der Waals surface area contributed by atoms with Crippen molar-refractivity contribution < 1.29 is 23.8 Å². The van der Waals surface area contributed by atoms with Gasteiger partial charge in [0.05, 0.1) is 19.3 Å². The first kappa shape index (κ1) is 21.8. The van der Waals surface area contributed by atoms with Crippen LogP contribution in [-0.2, 0) is 4.74 Å². The number of urea groups is 1. The molecular weight excluding hydrogens is 362 g/mol. The van der Waals surface area contributed by atoms with Crippen LogP contribution in [0.2, 0.25) is 0 Å². The fraction of sp³-hybridized carbons (Fsp3) is 0.600. The first-order valence-electron chi connectivity index (χ1n) is 9.94. The van der Waals surface area contributed by atoms with Crippen molar-refractivity contribution in [3.8, 4) is 11.5 Å². The van der Waals surface area contributed by atoms with Crippen LogP contribution < -0.4 is 25.4 Å². The van der Waals surface area contributed by atoms with Gasteiger partial charge in [-0.25, -0.2) is 4.79 Å². The van der Waals surface area contributed by atoms with Crippen LogP contribution >= 0.6 is 0 Å². The average Bonchev–Trinajstić information content (AvgIpc) is 3.20. The van der Waals surface area contributed by atoms with Crippen molar-refractivity contribution in [2.75, 3.05) is 39.5 Å². The summed E-state index contributed by atoms with van der Waals surface area (Å²) >= 11 is 0. The van der Waals surface area contributed by atoms with Crippen molar-refractivity contribution in [3.63, 3.8) is 0 Å². The summed E-state index contributed by atoms with van der Waals surface area (Å²) in [6.07, 6.45) is 2.79. The molecule has 1 heterocycles. The Morgan fingerprint density at radius 2 is 1.71 bits per heavy atom. The van der Waals surface area contributed by atoms with Gasteiger partial charge < -0.3 is 30.2 Å². The Labute approximate surface area is 166 Å². The van der Waals surface area contributed by atoms with E-state index in [4.69, 9.17) is 14.2 Å². The molecule has 1 fully saturated rings. The second-order valence-electron chi connectivity index (χ2n) is 6.44. The van der Waals surface area contributed by atoms with Crippen molar-refractivity contribution in [1.29, 1.82) is 0 Å². The minimum atomic E-state index is -0.215. The monoisotopic (exact) mass is 393 g/mol. The summed E-state index contributed by atoms with van der Waals surface area (Å²) < 4.78 is 16.4. The maximum atomic E-state index is 12.4. The van der Waals surface area contributed by atoms with Crippen LogP contribution in [-0.4, -0.2) is 57.5 Å². The molecule has 0 radical (unpaired) electrons. The molecule has 1 atom stereocenters. The molecule has 1 aliphatic rings. The lowest BCUT2D eigenvalue weighted by atomic mass is 10.2. The Hall–Kier alpha value is -2.48. The molecule has 3 N–H and O–H groups in total. The second-order valence-corrected chi connectivity index (χ2v) is 6.44. The lowest BCUT2D eigenvalue weighted by molar-refractivity contribution is 0.0952. The van der Waals surface area contributed by atoms with Crippen LogP contribution in [0.3, 0.4) is 0 Å². The normalized spacial score (nSPS) is 15.7. The number of hydrogen-bond donors (Lipinski definition) is 3. The van der Waals surface area contributed by atoms with E-state index in [2.05, 4.69) is 16.0 Å². The Balaban J connectivity index is 1.67. The summed E-state index contributed by atoms with van der Waals surface area (Å²) in [5.41, 5.74) is 0.483. The predicted molar refractivity (Wildman–Crippen MR) is 106 cm³/mol. The lowest BCUT2D eigenvalue weighted by Crippen LogP contribution is -2.40. The van der Waals surface area contributed by atoms with Crippen LogP contribution in [0.4, 0.5) is 4.79 Å². The smallest absolute Gasteiger partial charge is 0.314 e. The van der Waals surface area contributed by atoms with Crippen molar-refractivity contribution in [2.24, 2.45) is 0 Å². The quantitative estimate of drug-likeness (QED) is 0.500. The molecule has 1 saturated heterocycles. The molecule has 8 nitrogen and oxygen atoms in total. The van der Waals surface area contributed by atoms with Crippen LogP contribution in [0, 0.1) is 0 Å². The zero-order chi connectivity index (χ0) is 20.2. The van der Waals surface area contributed by atoms with E-state index in [1.807, 2.05) is 13.8 Å². The average molecular weight is 393 g/mol. The highest BCUT2D eigenvalue weighted by atomic mass is 16.5. The van der Waals surface area contributed by atoms with E-state index in [1.54, 1.807) is 18.2 Å². The van der Waals surface area contributed by atoms with Crippen LogP contribution in [0.15, 0.2) is 18.2 Å². The third-order valence-corrected chi connectivity index (χ3v) is 4.20. The van der Waals surface area contributed by atoms with E-state index in [0.717, 1.165) is 19.4 Å². The number of amides is 3. The van der Waals surface area contributed by atoms with E-state index in [-0.39, 0.29) is 18.0 Å². The number of benzene rings is 1. The molecule has 2 rings (SSSR count). The minimum absolute atomic E-state index is 0.124. The molecule has 0 aliphatic carbocycles. The van der Waals surface area contributed by atoms with Gasteiger partial charge in [-0.1, -0.05) is 0 Å². The summed E-state index contributed by atoms with van der Waals surface area (Å²) in [7, 11) is 0. The molecule has 1 unspecified atom stereocenters. The summed E-state index contributed by atoms with van der Waals surface area (Å²) in [5, 5.41) is 8.42. The highest BCUT2D eigenvalue weighted by Crippen LogP contribution is 2.23. The van der Waals surface area contributed by atoms with E-state index < -0.39 is 0 Å². The molecule has 1 aromatic carbocycles. The van der Waals surface area contributed by atoms with Gasteiger partial charge in [0.25, 0.3) is 5.91 Å². The van der Waals surface area contributed by atoms with Crippen molar-refractivity contribution >= 4 is 11.9 Å². The van der Waals surface area contributed by atoms with Gasteiger partial charge >= 0.3 is 6.03 Å². The van der Waals surface area contributed by atoms with Crippen LogP contribution in [0.5, 0.6) is 11.5 Å². The molecule has 8 heteroatoms. The number of carbonyl (C=O) groups excluding carboxylic acids is 2. The van der Waals surface area contributed by atoms with Gasteiger partial charge in [-0.05, 0) is 45.2 Å². The van der Waals surface area contributed by atoms with E-state index in [9.17, 15) is 9.59 Å². The molecule has 0 bridgehead atoms. The molecule has 28 heavy (non-hydrogen) atoms. The fourth-order valence-corrected chi connectivity index (χ4v) is 2.87. The van der Waals surface area contributed by atoms with Gasteiger partial charge in [0.15, 0.2) is 0 Å². The number of ether oxygens (including phenoxy) is 3. The van der Waals surface area contributed by atoms with Gasteiger partial charge in [-0.15, -0.1) is 0 Å². The summed E-state index contributed by atoms with van der Waals surface area (Å²) in [6, 6.07) is 4.94. The number of nitrogens with one attached hydrogen (secondary N) is 3. The zero-order valence-electron chi connectivity index (χ0n) is 16.7.